The fourth-order valence-corrected chi connectivity index (χ4v) is 0.589. The van der Waals surface area contributed by atoms with Crippen molar-refractivity contribution in [3.05, 3.63) is 6.54 Å². The van der Waals surface area contributed by atoms with Gasteiger partial charge in [0, 0.05) is 6.54 Å². The summed E-state index contributed by atoms with van der Waals surface area (Å²) in [6.45, 7) is 10.8. The Hall–Kier alpha value is -0.0400. The molecule has 0 aliphatic carbocycles. The lowest BCUT2D eigenvalue weighted by Crippen LogP contribution is -2.17. The first kappa shape index (κ1) is 6.96. The lowest BCUT2D eigenvalue weighted by atomic mass is 10.5. The molecule has 1 nitrogen and oxygen atoms in total. The minimum atomic E-state index is 1.13. The number of hydrogen-bond acceptors (Lipinski definition) is 1. The van der Waals surface area contributed by atoms with Gasteiger partial charge in [-0.3, -0.25) is 4.90 Å². The van der Waals surface area contributed by atoms with Crippen LogP contribution in [0.1, 0.15) is 20.8 Å². The van der Waals surface area contributed by atoms with E-state index in [1.165, 1.54) is 0 Å². The third-order valence-corrected chi connectivity index (χ3v) is 1.18. The molecule has 0 unspecified atom stereocenters. The topological polar surface area (TPSA) is 3.24 Å². The van der Waals surface area contributed by atoms with Gasteiger partial charge < -0.3 is 0 Å². The molecule has 0 aliphatic heterocycles. The van der Waals surface area contributed by atoms with Gasteiger partial charge >= 0.3 is 0 Å². The maximum atomic E-state index is 2.25. The summed E-state index contributed by atoms with van der Waals surface area (Å²) in [6.07, 6.45) is 0. The molecule has 0 saturated carbocycles. The molecule has 0 fully saturated rings. The number of nitrogens with zero attached hydrogens (tertiary/aromatic N) is 1. The van der Waals surface area contributed by atoms with Gasteiger partial charge in [-0.2, -0.15) is 0 Å². The van der Waals surface area contributed by atoms with E-state index >= 15 is 0 Å². The van der Waals surface area contributed by atoms with Gasteiger partial charge in [-0.15, -0.1) is 0 Å². The number of rotatable bonds is 3. The Kier molecular flexibility index (Phi) is 4.10. The Morgan fingerprint density at radius 3 is 1.71 bits per heavy atom. The summed E-state index contributed by atoms with van der Waals surface area (Å²) in [7, 11) is 0. The fourth-order valence-electron chi connectivity index (χ4n) is 0.589. The van der Waals surface area contributed by atoms with E-state index in [2.05, 4.69) is 32.2 Å². The van der Waals surface area contributed by atoms with Crippen molar-refractivity contribution in [2.75, 3.05) is 13.1 Å². The third-order valence-electron chi connectivity index (χ3n) is 1.18. The van der Waals surface area contributed by atoms with Crippen molar-refractivity contribution in [1.29, 1.82) is 0 Å². The Morgan fingerprint density at radius 1 is 1.29 bits per heavy atom. The van der Waals surface area contributed by atoms with Gasteiger partial charge in [0.2, 0.25) is 0 Å². The van der Waals surface area contributed by atoms with E-state index in [1.54, 1.807) is 0 Å². The average Bonchev–Trinajstić information content (AvgIpc) is 1.72. The zero-order valence-corrected chi connectivity index (χ0v) is 5.44. The first-order chi connectivity index (χ1) is 3.35. The van der Waals surface area contributed by atoms with E-state index in [0.717, 1.165) is 13.1 Å². The molecule has 0 aromatic rings. The van der Waals surface area contributed by atoms with Crippen LogP contribution in [0.15, 0.2) is 0 Å². The molecule has 43 valence electrons. The maximum Gasteiger partial charge on any atom is 0.0220 e. The molecule has 0 aromatic heterocycles. The summed E-state index contributed by atoms with van der Waals surface area (Å²) < 4.78 is 0. The summed E-state index contributed by atoms with van der Waals surface area (Å²) in [6, 6.07) is 0. The molecule has 0 aliphatic rings. The highest BCUT2D eigenvalue weighted by Gasteiger charge is 1.89. The SMILES string of the molecule is C[CH]N(CC)CC. The lowest BCUT2D eigenvalue weighted by molar-refractivity contribution is 0.375. The fraction of sp³-hybridized carbons (Fsp3) is 0.833. The predicted molar refractivity (Wildman–Crippen MR) is 32.9 cm³/mol. The van der Waals surface area contributed by atoms with E-state index in [4.69, 9.17) is 0 Å². The van der Waals surface area contributed by atoms with Crippen molar-refractivity contribution < 1.29 is 0 Å². The van der Waals surface area contributed by atoms with Crippen molar-refractivity contribution >= 4 is 0 Å². The first-order valence-electron chi connectivity index (χ1n) is 2.88. The zero-order chi connectivity index (χ0) is 5.70. The summed E-state index contributed by atoms with van der Waals surface area (Å²) in [4.78, 5) is 2.25. The highest BCUT2D eigenvalue weighted by molar-refractivity contribution is 4.56. The normalized spacial score (nSPS) is 10.3. The maximum absolute atomic E-state index is 2.25. The van der Waals surface area contributed by atoms with Gasteiger partial charge in [-0.25, -0.2) is 0 Å². The molecular formula is C6H14N. The standard InChI is InChI=1S/C6H14N/c1-4-7(5-2)6-3/h4H,5-6H2,1-3H3. The molecule has 0 aromatic carbocycles. The minimum Gasteiger partial charge on any atom is -0.300 e. The van der Waals surface area contributed by atoms with Crippen molar-refractivity contribution in [3.8, 4) is 0 Å². The van der Waals surface area contributed by atoms with Gasteiger partial charge in [-0.1, -0.05) is 13.8 Å². The average molecular weight is 100 g/mol. The van der Waals surface area contributed by atoms with E-state index in [0.29, 0.717) is 0 Å². The van der Waals surface area contributed by atoms with E-state index in [9.17, 15) is 0 Å². The predicted octanol–water partition coefficient (Wildman–Crippen LogP) is 1.51. The van der Waals surface area contributed by atoms with E-state index < -0.39 is 0 Å². The lowest BCUT2D eigenvalue weighted by Gasteiger charge is -2.12. The van der Waals surface area contributed by atoms with Gasteiger partial charge in [-0.05, 0) is 20.0 Å². The molecule has 0 heterocycles. The molecule has 7 heavy (non-hydrogen) atoms. The van der Waals surface area contributed by atoms with Gasteiger partial charge in [0.1, 0.15) is 0 Å². The molecule has 0 bridgehead atoms. The molecule has 0 amide bonds. The Balaban J connectivity index is 2.99. The van der Waals surface area contributed by atoms with Crippen LogP contribution >= 0.6 is 0 Å². The third kappa shape index (κ3) is 2.63. The highest BCUT2D eigenvalue weighted by atomic mass is 15.1. The largest absolute Gasteiger partial charge is 0.300 e. The summed E-state index contributed by atoms with van der Waals surface area (Å²) in [5.41, 5.74) is 0. The quantitative estimate of drug-likeness (QED) is 0.519. The second kappa shape index (κ2) is 4.13. The van der Waals surface area contributed by atoms with Crippen LogP contribution in [0.4, 0.5) is 0 Å². The van der Waals surface area contributed by atoms with E-state index in [1.807, 2.05) is 0 Å². The monoisotopic (exact) mass is 100 g/mol. The smallest absolute Gasteiger partial charge is 0.0220 e. The van der Waals surface area contributed by atoms with Crippen LogP contribution in [0.2, 0.25) is 0 Å². The second-order valence-electron chi connectivity index (χ2n) is 1.48. The van der Waals surface area contributed by atoms with Crippen molar-refractivity contribution in [3.63, 3.8) is 0 Å². The molecule has 1 radical (unpaired) electrons. The summed E-state index contributed by atoms with van der Waals surface area (Å²) in [5.74, 6) is 0. The Morgan fingerprint density at radius 2 is 1.71 bits per heavy atom. The number of hydrogen-bond donors (Lipinski definition) is 0. The van der Waals surface area contributed by atoms with Crippen LogP contribution < -0.4 is 0 Å². The second-order valence-corrected chi connectivity index (χ2v) is 1.48. The van der Waals surface area contributed by atoms with Crippen molar-refractivity contribution in [1.82, 2.24) is 4.90 Å². The van der Waals surface area contributed by atoms with Crippen LogP contribution in [0.25, 0.3) is 0 Å². The summed E-state index contributed by atoms with van der Waals surface area (Å²) in [5, 5.41) is 0. The van der Waals surface area contributed by atoms with Crippen LogP contribution in [0, 0.1) is 6.54 Å². The molecule has 0 N–H and O–H groups in total. The summed E-state index contributed by atoms with van der Waals surface area (Å²) >= 11 is 0. The van der Waals surface area contributed by atoms with Crippen molar-refractivity contribution in [2.24, 2.45) is 0 Å². The molecule has 0 rings (SSSR count). The van der Waals surface area contributed by atoms with Crippen LogP contribution in [-0.4, -0.2) is 18.0 Å². The molecule has 0 spiro atoms. The molecule has 0 atom stereocenters. The zero-order valence-electron chi connectivity index (χ0n) is 5.44. The van der Waals surface area contributed by atoms with E-state index in [-0.39, 0.29) is 0 Å². The molecule has 0 saturated heterocycles. The van der Waals surface area contributed by atoms with Crippen LogP contribution in [0.5, 0.6) is 0 Å². The Bertz CT molecular complexity index is 25.7. The van der Waals surface area contributed by atoms with Crippen LogP contribution in [0.3, 0.4) is 0 Å². The van der Waals surface area contributed by atoms with Gasteiger partial charge in [0.15, 0.2) is 0 Å². The minimum absolute atomic E-state index is 1.13. The van der Waals surface area contributed by atoms with Gasteiger partial charge in [0.05, 0.1) is 0 Å². The first-order valence-corrected chi connectivity index (χ1v) is 2.88. The molecule has 1 heteroatoms. The molecular weight excluding hydrogens is 86.1 g/mol. The Labute approximate surface area is 46.3 Å². The van der Waals surface area contributed by atoms with Crippen LogP contribution in [-0.2, 0) is 0 Å². The highest BCUT2D eigenvalue weighted by Crippen LogP contribution is 1.87. The van der Waals surface area contributed by atoms with Gasteiger partial charge in [0.25, 0.3) is 0 Å². The van der Waals surface area contributed by atoms with Crippen molar-refractivity contribution in [2.45, 2.75) is 20.8 Å².